The molecule has 0 aromatic carbocycles. The van der Waals surface area contributed by atoms with Crippen LogP contribution in [0.1, 0.15) is 34.1 Å². The van der Waals surface area contributed by atoms with Crippen molar-refractivity contribution < 1.29 is 14.6 Å². The minimum Gasteiger partial charge on any atom is -0.410 e. The second-order valence-electron chi connectivity index (χ2n) is 6.64. The molecule has 1 rings (SSSR count). The van der Waals surface area contributed by atoms with Gasteiger partial charge in [-0.1, -0.05) is 26.8 Å². The molecule has 3 nitrogen and oxygen atoms in total. The first-order chi connectivity index (χ1) is 7.52. The van der Waals surface area contributed by atoms with E-state index < -0.39 is 13.9 Å². The molecule has 1 aliphatic rings. The van der Waals surface area contributed by atoms with E-state index in [1.54, 1.807) is 6.92 Å². The molecular formula is C13H26O3Si. The van der Waals surface area contributed by atoms with E-state index in [-0.39, 0.29) is 17.7 Å². The number of hydrogen-bond donors (Lipinski definition) is 2. The second-order valence-corrected chi connectivity index (χ2v) is 11.4. The maximum absolute atomic E-state index is 10.4. The van der Waals surface area contributed by atoms with Gasteiger partial charge in [-0.2, -0.15) is 0 Å². The Hall–Kier alpha value is -0.163. The maximum atomic E-state index is 10.4. The lowest BCUT2D eigenvalue weighted by molar-refractivity contribution is -0.0193. The molecule has 0 saturated carbocycles. The highest BCUT2D eigenvalue weighted by atomic mass is 28.4. The molecule has 0 fully saturated rings. The summed E-state index contributed by atoms with van der Waals surface area (Å²) in [4.78, 5) is 0. The van der Waals surface area contributed by atoms with Crippen LogP contribution in [0.15, 0.2) is 11.6 Å². The minimum absolute atomic E-state index is 0.0929. The fourth-order valence-electron chi connectivity index (χ4n) is 1.81. The van der Waals surface area contributed by atoms with Gasteiger partial charge in [-0.15, -0.1) is 0 Å². The molecule has 0 bridgehead atoms. The molecule has 0 radical (unpaired) electrons. The zero-order valence-corrected chi connectivity index (χ0v) is 12.9. The highest BCUT2D eigenvalue weighted by molar-refractivity contribution is 6.74. The third-order valence-corrected chi connectivity index (χ3v) is 8.75. The quantitative estimate of drug-likeness (QED) is 0.604. The molecule has 2 atom stereocenters. The molecule has 0 amide bonds. The minimum atomic E-state index is -1.88. The van der Waals surface area contributed by atoms with Crippen LogP contribution < -0.4 is 0 Å². The van der Waals surface area contributed by atoms with Gasteiger partial charge < -0.3 is 14.6 Å². The van der Waals surface area contributed by atoms with E-state index in [0.29, 0.717) is 12.0 Å². The van der Waals surface area contributed by atoms with Gasteiger partial charge in [-0.3, -0.25) is 0 Å². The second kappa shape index (κ2) is 4.50. The van der Waals surface area contributed by atoms with Crippen molar-refractivity contribution in [2.24, 2.45) is 0 Å². The van der Waals surface area contributed by atoms with Gasteiger partial charge in [0.1, 0.15) is 5.60 Å². The molecule has 0 spiro atoms. The van der Waals surface area contributed by atoms with Gasteiger partial charge in [0.2, 0.25) is 0 Å². The van der Waals surface area contributed by atoms with Crippen LogP contribution in [0.25, 0.3) is 0 Å². The number of aliphatic hydroxyl groups is 2. The van der Waals surface area contributed by atoms with E-state index in [9.17, 15) is 10.2 Å². The van der Waals surface area contributed by atoms with Crippen LogP contribution >= 0.6 is 0 Å². The molecule has 0 unspecified atom stereocenters. The monoisotopic (exact) mass is 258 g/mol. The normalized spacial score (nSPS) is 30.6. The summed E-state index contributed by atoms with van der Waals surface area (Å²) in [6.45, 7) is 12.6. The summed E-state index contributed by atoms with van der Waals surface area (Å²) >= 11 is 0. The van der Waals surface area contributed by atoms with Crippen molar-refractivity contribution in [3.63, 3.8) is 0 Å². The summed E-state index contributed by atoms with van der Waals surface area (Å²) in [6.07, 6.45) is 2.37. The molecule has 0 saturated heterocycles. The predicted octanol–water partition coefficient (Wildman–Crippen LogP) is 2.45. The van der Waals surface area contributed by atoms with E-state index in [2.05, 4.69) is 33.9 Å². The van der Waals surface area contributed by atoms with Crippen molar-refractivity contribution in [2.45, 2.75) is 64.0 Å². The summed E-state index contributed by atoms with van der Waals surface area (Å²) in [5, 5.41) is 19.7. The first kappa shape index (κ1) is 14.9. The molecule has 100 valence electrons. The molecule has 1 aliphatic carbocycles. The summed E-state index contributed by atoms with van der Waals surface area (Å²) in [5.41, 5.74) is -0.342. The Labute approximate surface area is 106 Å². The molecule has 4 heteroatoms. The zero-order chi connectivity index (χ0) is 13.5. The average Bonchev–Trinajstić information content (AvgIpc) is 2.39. The summed E-state index contributed by atoms with van der Waals surface area (Å²) < 4.78 is 6.24. The Morgan fingerprint density at radius 2 is 2.00 bits per heavy atom. The highest BCUT2D eigenvalue weighted by Crippen LogP contribution is 2.41. The molecule has 0 aromatic heterocycles. The Bertz CT molecular complexity index is 313. The van der Waals surface area contributed by atoms with E-state index in [4.69, 9.17) is 4.43 Å². The number of aliphatic hydroxyl groups excluding tert-OH is 1. The van der Waals surface area contributed by atoms with Gasteiger partial charge >= 0.3 is 0 Å². The number of hydrogen-bond acceptors (Lipinski definition) is 3. The SMILES string of the molecule is CC(C)(C)[Si](C)(C)O[C@H]1CC=C(CO)[C@]1(C)O. The first-order valence-electron chi connectivity index (χ1n) is 6.23. The van der Waals surface area contributed by atoms with Gasteiger partial charge in [0.05, 0.1) is 12.7 Å². The van der Waals surface area contributed by atoms with Gasteiger partial charge in [-0.05, 0) is 37.0 Å². The zero-order valence-electron chi connectivity index (χ0n) is 11.9. The largest absolute Gasteiger partial charge is 0.410 e. The van der Waals surface area contributed by atoms with Gasteiger partial charge in [-0.25, -0.2) is 0 Å². The lowest BCUT2D eigenvalue weighted by atomic mass is 9.97. The highest BCUT2D eigenvalue weighted by Gasteiger charge is 2.46. The van der Waals surface area contributed by atoms with Crippen molar-refractivity contribution in [2.75, 3.05) is 6.61 Å². The Kier molecular flexibility index (Phi) is 3.94. The third kappa shape index (κ3) is 2.81. The Balaban J connectivity index is 2.80. The van der Waals surface area contributed by atoms with Crippen molar-refractivity contribution in [3.05, 3.63) is 11.6 Å². The Morgan fingerprint density at radius 3 is 2.35 bits per heavy atom. The fourth-order valence-corrected chi connectivity index (χ4v) is 3.20. The molecule has 0 heterocycles. The lowest BCUT2D eigenvalue weighted by Gasteiger charge is -2.41. The van der Waals surface area contributed by atoms with E-state index in [1.807, 2.05) is 6.08 Å². The van der Waals surface area contributed by atoms with Crippen LogP contribution in [0, 0.1) is 0 Å². The number of rotatable bonds is 3. The first-order valence-corrected chi connectivity index (χ1v) is 9.14. The maximum Gasteiger partial charge on any atom is 0.192 e. The molecule has 17 heavy (non-hydrogen) atoms. The van der Waals surface area contributed by atoms with Crippen LogP contribution in [-0.2, 0) is 4.43 Å². The molecule has 0 aromatic rings. The van der Waals surface area contributed by atoms with E-state index in [0.717, 1.165) is 0 Å². The fraction of sp³-hybridized carbons (Fsp3) is 0.846. The molecule has 2 N–H and O–H groups in total. The van der Waals surface area contributed by atoms with Crippen LogP contribution in [0.3, 0.4) is 0 Å². The average molecular weight is 258 g/mol. The van der Waals surface area contributed by atoms with Crippen LogP contribution in [0.5, 0.6) is 0 Å². The van der Waals surface area contributed by atoms with Crippen molar-refractivity contribution in [1.29, 1.82) is 0 Å². The van der Waals surface area contributed by atoms with Crippen LogP contribution in [0.2, 0.25) is 18.1 Å². The van der Waals surface area contributed by atoms with Gasteiger partial charge in [0.15, 0.2) is 8.32 Å². The predicted molar refractivity (Wildman–Crippen MR) is 72.5 cm³/mol. The van der Waals surface area contributed by atoms with Crippen molar-refractivity contribution in [3.8, 4) is 0 Å². The third-order valence-electron chi connectivity index (χ3n) is 4.27. The van der Waals surface area contributed by atoms with Gasteiger partial charge in [0, 0.05) is 0 Å². The smallest absolute Gasteiger partial charge is 0.192 e. The van der Waals surface area contributed by atoms with Crippen molar-refractivity contribution >= 4 is 8.32 Å². The summed E-state index contributed by atoms with van der Waals surface area (Å²) in [5.74, 6) is 0. The van der Waals surface area contributed by atoms with E-state index >= 15 is 0 Å². The lowest BCUT2D eigenvalue weighted by Crippen LogP contribution is -2.50. The van der Waals surface area contributed by atoms with Gasteiger partial charge in [0.25, 0.3) is 0 Å². The Morgan fingerprint density at radius 1 is 1.47 bits per heavy atom. The standard InChI is InChI=1S/C13H26O3Si/c1-12(2,3)17(5,6)16-11-8-7-10(9-14)13(11,4)15/h7,11,14-15H,8-9H2,1-6H3/t11-,13-/m0/s1. The molecule has 0 aliphatic heterocycles. The van der Waals surface area contributed by atoms with Crippen molar-refractivity contribution in [1.82, 2.24) is 0 Å². The topological polar surface area (TPSA) is 49.7 Å². The summed E-state index contributed by atoms with van der Waals surface area (Å²) in [6, 6.07) is 0. The summed E-state index contributed by atoms with van der Waals surface area (Å²) in [7, 11) is -1.88. The van der Waals surface area contributed by atoms with E-state index in [1.165, 1.54) is 0 Å². The van der Waals surface area contributed by atoms with Crippen LogP contribution in [-0.4, -0.2) is 36.8 Å². The molecular weight excluding hydrogens is 232 g/mol. The van der Waals surface area contributed by atoms with Crippen LogP contribution in [0.4, 0.5) is 0 Å².